The van der Waals surface area contributed by atoms with Gasteiger partial charge in [-0.25, -0.2) is 8.42 Å². The van der Waals surface area contributed by atoms with Crippen LogP contribution in [0.1, 0.15) is 26.2 Å². The van der Waals surface area contributed by atoms with Gasteiger partial charge in [0.1, 0.15) is 0 Å². The van der Waals surface area contributed by atoms with E-state index in [0.717, 1.165) is 0 Å². The van der Waals surface area contributed by atoms with Crippen LogP contribution in [-0.2, 0) is 19.4 Å². The lowest BCUT2D eigenvalue weighted by Crippen LogP contribution is -2.46. The average Bonchev–Trinajstić information content (AvgIpc) is 1.99. The van der Waals surface area contributed by atoms with Crippen LogP contribution in [0, 0.1) is 0 Å². The average molecular weight is 236 g/mol. The molecule has 0 aromatic heterocycles. The summed E-state index contributed by atoms with van der Waals surface area (Å²) in [6.07, 6.45) is 0.752. The van der Waals surface area contributed by atoms with Crippen LogP contribution in [0.5, 0.6) is 0 Å². The van der Waals surface area contributed by atoms with Gasteiger partial charge in [0.15, 0.2) is 9.84 Å². The number of hydrogen-bond acceptors (Lipinski definition) is 4. The number of hydrogen-bond donors (Lipinski definition) is 1. The van der Waals surface area contributed by atoms with Crippen molar-refractivity contribution in [2.75, 3.05) is 18.1 Å². The first-order valence-corrected chi connectivity index (χ1v) is 6.77. The van der Waals surface area contributed by atoms with Gasteiger partial charge < -0.3 is 9.84 Å². The minimum atomic E-state index is -3.15. The molecule has 1 aliphatic heterocycles. The molecule has 88 valence electrons. The molecule has 1 saturated heterocycles. The molecular weight excluding hydrogens is 220 g/mol. The van der Waals surface area contributed by atoms with Crippen LogP contribution in [0.4, 0.5) is 0 Å². The number of ether oxygens (including phenoxy) is 1. The standard InChI is InChI=1S/C9H16O5S/c1-2-14-9(6-8(10)11)4-3-5-15(12,13)7-9/h2-7H2,1H3,(H,10,11). The van der Waals surface area contributed by atoms with E-state index in [4.69, 9.17) is 9.84 Å². The Labute approximate surface area is 89.3 Å². The lowest BCUT2D eigenvalue weighted by Gasteiger charge is -2.35. The Hall–Kier alpha value is -0.620. The second-order valence-electron chi connectivity index (χ2n) is 3.88. The van der Waals surface area contributed by atoms with Crippen molar-refractivity contribution in [2.45, 2.75) is 31.8 Å². The molecule has 0 aromatic rings. The van der Waals surface area contributed by atoms with Gasteiger partial charge in [0.2, 0.25) is 0 Å². The summed E-state index contributed by atoms with van der Waals surface area (Å²) in [5.74, 6) is -1.04. The van der Waals surface area contributed by atoms with Gasteiger partial charge in [0.25, 0.3) is 0 Å². The third kappa shape index (κ3) is 3.46. The van der Waals surface area contributed by atoms with Crippen molar-refractivity contribution in [1.29, 1.82) is 0 Å². The molecule has 15 heavy (non-hydrogen) atoms. The Morgan fingerprint density at radius 3 is 2.67 bits per heavy atom. The fourth-order valence-electron chi connectivity index (χ4n) is 2.05. The van der Waals surface area contributed by atoms with Gasteiger partial charge >= 0.3 is 5.97 Å². The van der Waals surface area contributed by atoms with Gasteiger partial charge in [-0.3, -0.25) is 4.79 Å². The van der Waals surface area contributed by atoms with Crippen molar-refractivity contribution in [1.82, 2.24) is 0 Å². The molecule has 1 aliphatic rings. The summed E-state index contributed by atoms with van der Waals surface area (Å²) in [5.41, 5.74) is -1.00. The van der Waals surface area contributed by atoms with Gasteiger partial charge in [-0.15, -0.1) is 0 Å². The smallest absolute Gasteiger partial charge is 0.306 e. The molecular formula is C9H16O5S. The minimum Gasteiger partial charge on any atom is -0.481 e. The van der Waals surface area contributed by atoms with E-state index in [2.05, 4.69) is 0 Å². The monoisotopic (exact) mass is 236 g/mol. The molecule has 1 heterocycles. The van der Waals surface area contributed by atoms with E-state index in [1.165, 1.54) is 0 Å². The van der Waals surface area contributed by atoms with E-state index in [1.54, 1.807) is 6.92 Å². The fourth-order valence-corrected chi connectivity index (χ4v) is 3.91. The third-order valence-electron chi connectivity index (χ3n) is 2.49. The van der Waals surface area contributed by atoms with E-state index in [0.29, 0.717) is 19.4 Å². The highest BCUT2D eigenvalue weighted by atomic mass is 32.2. The summed E-state index contributed by atoms with van der Waals surface area (Å²) in [6, 6.07) is 0. The van der Waals surface area contributed by atoms with E-state index in [-0.39, 0.29) is 17.9 Å². The predicted molar refractivity (Wildman–Crippen MR) is 54.5 cm³/mol. The first-order chi connectivity index (χ1) is 6.89. The van der Waals surface area contributed by atoms with E-state index in [1.807, 2.05) is 0 Å². The maximum Gasteiger partial charge on any atom is 0.306 e. The van der Waals surface area contributed by atoms with E-state index < -0.39 is 21.4 Å². The van der Waals surface area contributed by atoms with Crippen molar-refractivity contribution in [3.05, 3.63) is 0 Å². The molecule has 0 saturated carbocycles. The van der Waals surface area contributed by atoms with Gasteiger partial charge in [0.05, 0.1) is 23.5 Å². The number of sulfone groups is 1. The van der Waals surface area contributed by atoms with Crippen LogP contribution in [0.2, 0.25) is 0 Å². The van der Waals surface area contributed by atoms with Crippen LogP contribution in [0.15, 0.2) is 0 Å². The van der Waals surface area contributed by atoms with Gasteiger partial charge in [-0.1, -0.05) is 0 Å². The van der Waals surface area contributed by atoms with Crippen LogP contribution in [0.3, 0.4) is 0 Å². The summed E-state index contributed by atoms with van der Waals surface area (Å²) >= 11 is 0. The maximum atomic E-state index is 11.4. The van der Waals surface area contributed by atoms with E-state index in [9.17, 15) is 13.2 Å². The van der Waals surface area contributed by atoms with Crippen LogP contribution >= 0.6 is 0 Å². The Morgan fingerprint density at radius 1 is 1.53 bits per heavy atom. The zero-order chi connectivity index (χ0) is 11.5. The van der Waals surface area contributed by atoms with Crippen molar-refractivity contribution >= 4 is 15.8 Å². The molecule has 1 fully saturated rings. The number of rotatable bonds is 4. The maximum absolute atomic E-state index is 11.4. The summed E-state index contributed by atoms with van der Waals surface area (Å²) in [4.78, 5) is 10.7. The number of carbonyl (C=O) groups is 1. The van der Waals surface area contributed by atoms with Gasteiger partial charge in [-0.2, -0.15) is 0 Å². The summed E-state index contributed by atoms with van der Waals surface area (Å²) in [7, 11) is -3.15. The van der Waals surface area contributed by atoms with Gasteiger partial charge in [-0.05, 0) is 19.8 Å². The molecule has 0 spiro atoms. The molecule has 1 rings (SSSR count). The Balaban J connectivity index is 2.84. The van der Waals surface area contributed by atoms with Crippen molar-refractivity contribution < 1.29 is 23.1 Å². The lowest BCUT2D eigenvalue weighted by atomic mass is 9.95. The molecule has 5 nitrogen and oxygen atoms in total. The lowest BCUT2D eigenvalue weighted by molar-refractivity contribution is -0.144. The van der Waals surface area contributed by atoms with Crippen molar-refractivity contribution in [3.8, 4) is 0 Å². The van der Waals surface area contributed by atoms with Crippen LogP contribution in [-0.4, -0.2) is 43.2 Å². The zero-order valence-corrected chi connectivity index (χ0v) is 9.55. The molecule has 1 atom stereocenters. The minimum absolute atomic E-state index is 0.140. The number of carboxylic acids is 1. The quantitative estimate of drug-likeness (QED) is 0.766. The highest BCUT2D eigenvalue weighted by Gasteiger charge is 2.41. The zero-order valence-electron chi connectivity index (χ0n) is 8.73. The molecule has 0 amide bonds. The van der Waals surface area contributed by atoms with E-state index >= 15 is 0 Å². The normalized spacial score (nSPS) is 29.9. The second-order valence-corrected chi connectivity index (χ2v) is 6.07. The number of aliphatic carboxylic acids is 1. The molecule has 6 heteroatoms. The van der Waals surface area contributed by atoms with Crippen LogP contribution in [0.25, 0.3) is 0 Å². The number of carboxylic acid groups (broad SMARTS) is 1. The summed E-state index contributed by atoms with van der Waals surface area (Å²) in [6.45, 7) is 2.08. The molecule has 1 unspecified atom stereocenters. The highest BCUT2D eigenvalue weighted by Crippen LogP contribution is 2.30. The first-order valence-electron chi connectivity index (χ1n) is 4.95. The summed E-state index contributed by atoms with van der Waals surface area (Å²) < 4.78 is 28.3. The predicted octanol–water partition coefficient (Wildman–Crippen LogP) is 0.445. The second kappa shape index (κ2) is 4.49. The Morgan fingerprint density at radius 2 is 2.20 bits per heavy atom. The Bertz CT molecular complexity index is 330. The molecule has 0 radical (unpaired) electrons. The molecule has 1 N–H and O–H groups in total. The van der Waals surface area contributed by atoms with Crippen molar-refractivity contribution in [3.63, 3.8) is 0 Å². The van der Waals surface area contributed by atoms with Crippen LogP contribution < -0.4 is 0 Å². The largest absolute Gasteiger partial charge is 0.481 e. The molecule has 0 aliphatic carbocycles. The SMILES string of the molecule is CCOC1(CC(=O)O)CCCS(=O)(=O)C1. The van der Waals surface area contributed by atoms with Gasteiger partial charge in [0, 0.05) is 6.61 Å². The topological polar surface area (TPSA) is 80.7 Å². The highest BCUT2D eigenvalue weighted by molar-refractivity contribution is 7.91. The van der Waals surface area contributed by atoms with Crippen molar-refractivity contribution in [2.24, 2.45) is 0 Å². The third-order valence-corrected chi connectivity index (χ3v) is 4.37. The summed E-state index contributed by atoms with van der Waals surface area (Å²) in [5, 5.41) is 8.75. The Kier molecular flexibility index (Phi) is 3.72. The molecule has 0 bridgehead atoms. The molecule has 0 aromatic carbocycles. The fraction of sp³-hybridized carbons (Fsp3) is 0.889. The first kappa shape index (κ1) is 12.4.